The second kappa shape index (κ2) is 5.79. The molecule has 5 nitrogen and oxygen atoms in total. The van der Waals surface area contributed by atoms with E-state index < -0.39 is 0 Å². The number of nitro benzene ring substituents is 1. The van der Waals surface area contributed by atoms with Crippen molar-refractivity contribution in [3.05, 3.63) is 62.1 Å². The molecule has 0 amide bonds. The molecule has 0 atom stereocenters. The Morgan fingerprint density at radius 3 is 2.95 bits per heavy atom. The zero-order chi connectivity index (χ0) is 14.8. The van der Waals surface area contributed by atoms with Crippen LogP contribution in [-0.4, -0.2) is 9.91 Å². The number of rotatable bonds is 4. The molecule has 106 valence electrons. The standard InChI is InChI=1S/C14H10BrN3O2S/c15-10-2-1-9(13(5-10)18(19)20)7-16-11-3-4-12-14(6-11)21-8-17-12/h1-6,8,16H,7H2. The summed E-state index contributed by atoms with van der Waals surface area (Å²) in [7, 11) is 0. The lowest BCUT2D eigenvalue weighted by molar-refractivity contribution is -0.385. The summed E-state index contributed by atoms with van der Waals surface area (Å²) >= 11 is 4.82. The van der Waals surface area contributed by atoms with Crippen LogP contribution in [0.4, 0.5) is 11.4 Å². The minimum atomic E-state index is -0.367. The molecular formula is C14H10BrN3O2S. The number of hydrogen-bond donors (Lipinski definition) is 1. The van der Waals surface area contributed by atoms with Crippen molar-refractivity contribution in [2.75, 3.05) is 5.32 Å². The van der Waals surface area contributed by atoms with E-state index in [4.69, 9.17) is 0 Å². The minimum absolute atomic E-state index is 0.107. The van der Waals surface area contributed by atoms with E-state index in [9.17, 15) is 10.1 Å². The molecule has 0 aliphatic heterocycles. The van der Waals surface area contributed by atoms with Gasteiger partial charge in [0.15, 0.2) is 0 Å². The highest BCUT2D eigenvalue weighted by atomic mass is 79.9. The van der Waals surface area contributed by atoms with Crippen molar-refractivity contribution in [1.29, 1.82) is 0 Å². The van der Waals surface area contributed by atoms with Gasteiger partial charge in [0.2, 0.25) is 0 Å². The summed E-state index contributed by atoms with van der Waals surface area (Å²) in [5.74, 6) is 0. The SMILES string of the molecule is O=[N+]([O-])c1cc(Br)ccc1CNc1ccc2ncsc2c1. The van der Waals surface area contributed by atoms with Gasteiger partial charge in [-0.1, -0.05) is 15.9 Å². The second-order valence-corrected chi connectivity index (χ2v) is 6.22. The van der Waals surface area contributed by atoms with Gasteiger partial charge in [0.05, 0.1) is 20.7 Å². The summed E-state index contributed by atoms with van der Waals surface area (Å²) in [6, 6.07) is 10.9. The fraction of sp³-hybridized carbons (Fsp3) is 0.0714. The number of halogens is 1. The molecule has 7 heteroatoms. The normalized spacial score (nSPS) is 10.7. The summed E-state index contributed by atoms with van der Waals surface area (Å²) in [6.07, 6.45) is 0. The van der Waals surface area contributed by atoms with Crippen LogP contribution in [0.25, 0.3) is 10.2 Å². The molecule has 0 spiro atoms. The molecule has 1 heterocycles. The number of nitrogens with one attached hydrogen (secondary N) is 1. The minimum Gasteiger partial charge on any atom is -0.381 e. The first-order valence-corrected chi connectivity index (χ1v) is 7.81. The smallest absolute Gasteiger partial charge is 0.275 e. The van der Waals surface area contributed by atoms with Crippen molar-refractivity contribution in [3.8, 4) is 0 Å². The third-order valence-electron chi connectivity index (χ3n) is 3.06. The molecule has 0 radical (unpaired) electrons. The molecule has 0 saturated carbocycles. The second-order valence-electron chi connectivity index (χ2n) is 4.42. The molecule has 2 aromatic carbocycles. The zero-order valence-corrected chi connectivity index (χ0v) is 13.1. The Balaban J connectivity index is 1.82. The quantitative estimate of drug-likeness (QED) is 0.544. The molecule has 0 bridgehead atoms. The highest BCUT2D eigenvalue weighted by Crippen LogP contribution is 2.26. The average Bonchev–Trinajstić information content (AvgIpc) is 2.93. The Morgan fingerprint density at radius 2 is 2.14 bits per heavy atom. The number of fused-ring (bicyclic) bond motifs is 1. The molecule has 21 heavy (non-hydrogen) atoms. The third-order valence-corrected chi connectivity index (χ3v) is 4.34. The molecule has 0 unspecified atom stereocenters. The number of aromatic nitrogens is 1. The van der Waals surface area contributed by atoms with E-state index in [-0.39, 0.29) is 10.6 Å². The van der Waals surface area contributed by atoms with Crippen molar-refractivity contribution in [1.82, 2.24) is 4.98 Å². The Hall–Kier alpha value is -1.99. The molecule has 0 fully saturated rings. The van der Waals surface area contributed by atoms with E-state index in [1.54, 1.807) is 29.0 Å². The van der Waals surface area contributed by atoms with E-state index in [2.05, 4.69) is 26.2 Å². The number of anilines is 1. The summed E-state index contributed by atoms with van der Waals surface area (Å²) < 4.78 is 1.79. The van der Waals surface area contributed by atoms with Crippen molar-refractivity contribution in [2.24, 2.45) is 0 Å². The van der Waals surface area contributed by atoms with Gasteiger partial charge in [-0.2, -0.15) is 0 Å². The van der Waals surface area contributed by atoms with Crippen molar-refractivity contribution in [3.63, 3.8) is 0 Å². The lowest BCUT2D eigenvalue weighted by atomic mass is 10.1. The largest absolute Gasteiger partial charge is 0.381 e. The van der Waals surface area contributed by atoms with Gasteiger partial charge < -0.3 is 5.32 Å². The topological polar surface area (TPSA) is 68.1 Å². The van der Waals surface area contributed by atoms with E-state index in [0.717, 1.165) is 15.9 Å². The Bertz CT molecular complexity index is 819. The van der Waals surface area contributed by atoms with Gasteiger partial charge in [0.1, 0.15) is 0 Å². The molecule has 3 aromatic rings. The molecule has 3 rings (SSSR count). The van der Waals surface area contributed by atoms with Crippen molar-refractivity contribution in [2.45, 2.75) is 6.54 Å². The maximum Gasteiger partial charge on any atom is 0.275 e. The third kappa shape index (κ3) is 3.03. The van der Waals surface area contributed by atoms with Crippen LogP contribution in [-0.2, 0) is 6.54 Å². The van der Waals surface area contributed by atoms with Gasteiger partial charge in [0, 0.05) is 28.3 Å². The number of benzene rings is 2. The molecule has 1 aromatic heterocycles. The first kappa shape index (κ1) is 14.0. The molecule has 0 aliphatic carbocycles. The van der Waals surface area contributed by atoms with Gasteiger partial charge in [-0.3, -0.25) is 10.1 Å². The van der Waals surface area contributed by atoms with Crippen molar-refractivity contribution < 1.29 is 4.92 Å². The number of nitrogens with zero attached hydrogens (tertiary/aromatic N) is 2. The number of thiazole rings is 1. The maximum atomic E-state index is 11.1. The fourth-order valence-electron chi connectivity index (χ4n) is 2.02. The number of hydrogen-bond acceptors (Lipinski definition) is 5. The van der Waals surface area contributed by atoms with Crippen LogP contribution < -0.4 is 5.32 Å². The Kier molecular flexibility index (Phi) is 3.85. The van der Waals surface area contributed by atoms with Gasteiger partial charge in [-0.25, -0.2) is 4.98 Å². The van der Waals surface area contributed by atoms with Gasteiger partial charge >= 0.3 is 0 Å². The highest BCUT2D eigenvalue weighted by Gasteiger charge is 2.13. The molecular weight excluding hydrogens is 354 g/mol. The predicted molar refractivity (Wildman–Crippen MR) is 87.7 cm³/mol. The Morgan fingerprint density at radius 1 is 1.29 bits per heavy atom. The van der Waals surface area contributed by atoms with Crippen LogP contribution in [0.15, 0.2) is 46.4 Å². The lowest BCUT2D eigenvalue weighted by Gasteiger charge is -2.07. The van der Waals surface area contributed by atoms with Gasteiger partial charge in [-0.15, -0.1) is 11.3 Å². The van der Waals surface area contributed by atoms with Crippen LogP contribution in [0.2, 0.25) is 0 Å². The summed E-state index contributed by atoms with van der Waals surface area (Å²) in [5.41, 5.74) is 4.43. The molecule has 0 aliphatic rings. The van der Waals surface area contributed by atoms with Crippen LogP contribution in [0, 0.1) is 10.1 Å². The van der Waals surface area contributed by atoms with Crippen LogP contribution in [0.5, 0.6) is 0 Å². The molecule has 0 saturated heterocycles. The first-order valence-electron chi connectivity index (χ1n) is 6.13. The van der Waals surface area contributed by atoms with Crippen molar-refractivity contribution >= 4 is 48.9 Å². The molecule has 1 N–H and O–H groups in total. The number of nitro groups is 1. The highest BCUT2D eigenvalue weighted by molar-refractivity contribution is 9.10. The summed E-state index contributed by atoms with van der Waals surface area (Å²) in [4.78, 5) is 14.9. The van der Waals surface area contributed by atoms with Crippen LogP contribution in [0.1, 0.15) is 5.56 Å². The summed E-state index contributed by atoms with van der Waals surface area (Å²) in [6.45, 7) is 0.397. The fourth-order valence-corrected chi connectivity index (χ4v) is 3.08. The first-order chi connectivity index (χ1) is 10.1. The monoisotopic (exact) mass is 363 g/mol. The van der Waals surface area contributed by atoms with E-state index in [1.807, 2.05) is 18.2 Å². The van der Waals surface area contributed by atoms with E-state index in [0.29, 0.717) is 16.6 Å². The average molecular weight is 364 g/mol. The van der Waals surface area contributed by atoms with E-state index >= 15 is 0 Å². The van der Waals surface area contributed by atoms with E-state index in [1.165, 1.54) is 6.07 Å². The summed E-state index contributed by atoms with van der Waals surface area (Å²) in [5, 5.41) is 14.3. The Labute approximate surface area is 132 Å². The maximum absolute atomic E-state index is 11.1. The zero-order valence-electron chi connectivity index (χ0n) is 10.7. The van der Waals surface area contributed by atoms with Gasteiger partial charge in [0.25, 0.3) is 5.69 Å². The predicted octanol–water partition coefficient (Wildman–Crippen LogP) is 4.58. The van der Waals surface area contributed by atoms with Crippen LogP contribution in [0.3, 0.4) is 0 Å². The van der Waals surface area contributed by atoms with Gasteiger partial charge in [-0.05, 0) is 30.3 Å². The lowest BCUT2D eigenvalue weighted by Crippen LogP contribution is -2.03. The van der Waals surface area contributed by atoms with Crippen LogP contribution >= 0.6 is 27.3 Å².